The van der Waals surface area contributed by atoms with E-state index in [2.05, 4.69) is 35.5 Å². The maximum atomic E-state index is 4.53. The van der Waals surface area contributed by atoms with Crippen molar-refractivity contribution in [2.45, 2.75) is 19.9 Å². The standard InChI is InChI=1S/C13H17N3/c1-3-11-6-4-5-7-13(11)16-9-8-12(15-16)10-14-2/h4-9,14H,3,10H2,1-2H3. The van der Waals surface area contributed by atoms with Gasteiger partial charge in [-0.2, -0.15) is 5.10 Å². The summed E-state index contributed by atoms with van der Waals surface area (Å²) in [5.74, 6) is 0. The second-order valence-electron chi connectivity index (χ2n) is 3.76. The molecule has 0 aliphatic rings. The van der Waals surface area contributed by atoms with Gasteiger partial charge in [0.2, 0.25) is 0 Å². The number of aromatic nitrogens is 2. The minimum absolute atomic E-state index is 0.807. The number of nitrogens with one attached hydrogen (secondary N) is 1. The fourth-order valence-corrected chi connectivity index (χ4v) is 1.80. The van der Waals surface area contributed by atoms with Gasteiger partial charge in [0, 0.05) is 12.7 Å². The van der Waals surface area contributed by atoms with Crippen molar-refractivity contribution in [1.82, 2.24) is 15.1 Å². The molecule has 2 rings (SSSR count). The molecule has 3 nitrogen and oxygen atoms in total. The highest BCUT2D eigenvalue weighted by Crippen LogP contribution is 2.14. The van der Waals surface area contributed by atoms with Crippen LogP contribution in [0.25, 0.3) is 5.69 Å². The molecule has 0 aliphatic heterocycles. The van der Waals surface area contributed by atoms with Gasteiger partial charge in [0.25, 0.3) is 0 Å². The zero-order valence-electron chi connectivity index (χ0n) is 9.77. The molecule has 0 bridgehead atoms. The van der Waals surface area contributed by atoms with E-state index in [1.165, 1.54) is 11.3 Å². The quantitative estimate of drug-likeness (QED) is 0.847. The fraction of sp³-hybridized carbons (Fsp3) is 0.308. The smallest absolute Gasteiger partial charge is 0.0766 e. The van der Waals surface area contributed by atoms with Crippen LogP contribution in [0.5, 0.6) is 0 Å². The Balaban J connectivity index is 2.34. The highest BCUT2D eigenvalue weighted by atomic mass is 15.3. The first-order valence-electron chi connectivity index (χ1n) is 5.62. The topological polar surface area (TPSA) is 29.9 Å². The number of aryl methyl sites for hydroxylation is 1. The van der Waals surface area contributed by atoms with Crippen LogP contribution in [-0.2, 0) is 13.0 Å². The average molecular weight is 215 g/mol. The van der Waals surface area contributed by atoms with E-state index >= 15 is 0 Å². The summed E-state index contributed by atoms with van der Waals surface area (Å²) in [6.07, 6.45) is 3.04. The van der Waals surface area contributed by atoms with Gasteiger partial charge in [0.05, 0.1) is 11.4 Å². The fourth-order valence-electron chi connectivity index (χ4n) is 1.80. The Labute approximate surface area is 96.1 Å². The summed E-state index contributed by atoms with van der Waals surface area (Å²) in [5.41, 5.74) is 3.56. The van der Waals surface area contributed by atoms with Crippen molar-refractivity contribution in [3.05, 3.63) is 47.8 Å². The van der Waals surface area contributed by atoms with Gasteiger partial charge in [-0.05, 0) is 31.2 Å². The number of hydrogen-bond donors (Lipinski definition) is 1. The van der Waals surface area contributed by atoms with Crippen LogP contribution in [0.1, 0.15) is 18.2 Å². The Kier molecular flexibility index (Phi) is 3.37. The predicted octanol–water partition coefficient (Wildman–Crippen LogP) is 2.15. The first-order chi connectivity index (χ1) is 7.85. The molecule has 2 aromatic rings. The van der Waals surface area contributed by atoms with Crippen molar-refractivity contribution >= 4 is 0 Å². The first-order valence-corrected chi connectivity index (χ1v) is 5.62. The number of hydrogen-bond acceptors (Lipinski definition) is 2. The van der Waals surface area contributed by atoms with Gasteiger partial charge in [-0.25, -0.2) is 4.68 Å². The van der Waals surface area contributed by atoms with Crippen molar-refractivity contribution < 1.29 is 0 Å². The Morgan fingerprint density at radius 1 is 1.25 bits per heavy atom. The summed E-state index contributed by atoms with van der Waals surface area (Å²) in [6, 6.07) is 10.4. The highest BCUT2D eigenvalue weighted by Gasteiger charge is 2.03. The lowest BCUT2D eigenvalue weighted by atomic mass is 10.1. The van der Waals surface area contributed by atoms with Gasteiger partial charge < -0.3 is 5.32 Å². The van der Waals surface area contributed by atoms with E-state index in [-0.39, 0.29) is 0 Å². The Morgan fingerprint density at radius 2 is 2.06 bits per heavy atom. The van der Waals surface area contributed by atoms with E-state index in [0.29, 0.717) is 0 Å². The zero-order chi connectivity index (χ0) is 11.4. The third-order valence-electron chi connectivity index (χ3n) is 2.62. The molecule has 0 unspecified atom stereocenters. The molecule has 0 amide bonds. The van der Waals surface area contributed by atoms with Crippen molar-refractivity contribution in [2.24, 2.45) is 0 Å². The molecule has 1 N–H and O–H groups in total. The largest absolute Gasteiger partial charge is 0.314 e. The van der Waals surface area contributed by atoms with Crippen LogP contribution in [0.3, 0.4) is 0 Å². The molecule has 3 heteroatoms. The molecule has 0 aliphatic carbocycles. The van der Waals surface area contributed by atoms with E-state index in [1.807, 2.05) is 30.1 Å². The summed E-state index contributed by atoms with van der Waals surface area (Å²) in [7, 11) is 1.93. The molecule has 84 valence electrons. The van der Waals surface area contributed by atoms with Crippen LogP contribution >= 0.6 is 0 Å². The summed E-state index contributed by atoms with van der Waals surface area (Å²) < 4.78 is 1.95. The first kappa shape index (κ1) is 10.9. The summed E-state index contributed by atoms with van der Waals surface area (Å²) in [5, 5.41) is 7.63. The number of rotatable bonds is 4. The Hall–Kier alpha value is -1.61. The van der Waals surface area contributed by atoms with Gasteiger partial charge >= 0.3 is 0 Å². The van der Waals surface area contributed by atoms with Crippen molar-refractivity contribution in [3.63, 3.8) is 0 Å². The average Bonchev–Trinajstić information content (AvgIpc) is 2.78. The van der Waals surface area contributed by atoms with Crippen molar-refractivity contribution in [2.75, 3.05) is 7.05 Å². The van der Waals surface area contributed by atoms with Gasteiger partial charge in [-0.1, -0.05) is 25.1 Å². The minimum atomic E-state index is 0.807. The molecule has 0 saturated heterocycles. The molecule has 0 saturated carbocycles. The lowest BCUT2D eigenvalue weighted by molar-refractivity contribution is 0.754. The lowest BCUT2D eigenvalue weighted by Gasteiger charge is -2.06. The summed E-state index contributed by atoms with van der Waals surface area (Å²) in [4.78, 5) is 0. The summed E-state index contributed by atoms with van der Waals surface area (Å²) >= 11 is 0. The van der Waals surface area contributed by atoms with Crippen LogP contribution in [0, 0.1) is 0 Å². The Morgan fingerprint density at radius 3 is 2.81 bits per heavy atom. The Bertz CT molecular complexity index is 460. The number of nitrogens with zero attached hydrogens (tertiary/aromatic N) is 2. The van der Waals surface area contributed by atoms with Crippen molar-refractivity contribution in [1.29, 1.82) is 0 Å². The number of para-hydroxylation sites is 1. The van der Waals surface area contributed by atoms with Gasteiger partial charge in [-0.3, -0.25) is 0 Å². The molecular weight excluding hydrogens is 198 g/mol. The molecule has 16 heavy (non-hydrogen) atoms. The van der Waals surface area contributed by atoms with Gasteiger partial charge in [0.1, 0.15) is 0 Å². The molecule has 0 atom stereocenters. The third-order valence-corrected chi connectivity index (χ3v) is 2.62. The van der Waals surface area contributed by atoms with Crippen LogP contribution in [-0.4, -0.2) is 16.8 Å². The maximum Gasteiger partial charge on any atom is 0.0766 e. The highest BCUT2D eigenvalue weighted by molar-refractivity contribution is 5.40. The van der Waals surface area contributed by atoms with Crippen LogP contribution in [0.15, 0.2) is 36.5 Å². The molecule has 0 spiro atoms. The van der Waals surface area contributed by atoms with Crippen LogP contribution in [0.2, 0.25) is 0 Å². The van der Waals surface area contributed by atoms with E-state index in [1.54, 1.807) is 0 Å². The normalized spacial score (nSPS) is 10.6. The lowest BCUT2D eigenvalue weighted by Crippen LogP contribution is -2.07. The molecular formula is C13H17N3. The van der Waals surface area contributed by atoms with E-state index in [9.17, 15) is 0 Å². The molecule has 1 heterocycles. The molecule has 1 aromatic carbocycles. The minimum Gasteiger partial charge on any atom is -0.314 e. The second-order valence-corrected chi connectivity index (χ2v) is 3.76. The molecule has 0 radical (unpaired) electrons. The van der Waals surface area contributed by atoms with E-state index < -0.39 is 0 Å². The van der Waals surface area contributed by atoms with E-state index in [4.69, 9.17) is 0 Å². The maximum absolute atomic E-state index is 4.53. The van der Waals surface area contributed by atoms with Crippen LogP contribution < -0.4 is 5.32 Å². The summed E-state index contributed by atoms with van der Waals surface area (Å²) in [6.45, 7) is 2.97. The van der Waals surface area contributed by atoms with Gasteiger partial charge in [-0.15, -0.1) is 0 Å². The monoisotopic (exact) mass is 215 g/mol. The van der Waals surface area contributed by atoms with Crippen LogP contribution in [0.4, 0.5) is 0 Å². The van der Waals surface area contributed by atoms with Crippen molar-refractivity contribution in [3.8, 4) is 5.69 Å². The molecule has 1 aromatic heterocycles. The third kappa shape index (κ3) is 2.14. The second kappa shape index (κ2) is 4.94. The molecule has 0 fully saturated rings. The predicted molar refractivity (Wildman–Crippen MR) is 65.7 cm³/mol. The number of benzene rings is 1. The SMILES string of the molecule is CCc1ccccc1-n1ccc(CNC)n1. The van der Waals surface area contributed by atoms with E-state index in [0.717, 1.165) is 18.7 Å². The zero-order valence-corrected chi connectivity index (χ0v) is 9.77. The van der Waals surface area contributed by atoms with Gasteiger partial charge in [0.15, 0.2) is 0 Å².